The van der Waals surface area contributed by atoms with Gasteiger partial charge >= 0.3 is 10.4 Å². The van der Waals surface area contributed by atoms with Crippen LogP contribution in [-0.2, 0) is 30.7 Å². The summed E-state index contributed by atoms with van der Waals surface area (Å²) in [7, 11) is -4.73. The Kier molecular flexibility index (Phi) is 6.06. The molecule has 130 valence electrons. The van der Waals surface area contributed by atoms with E-state index in [1.807, 2.05) is 6.07 Å². The zero-order chi connectivity index (χ0) is 17.0. The summed E-state index contributed by atoms with van der Waals surface area (Å²) in [6, 6.07) is 8.95. The van der Waals surface area contributed by atoms with Crippen molar-refractivity contribution in [3.05, 3.63) is 35.9 Å². The highest BCUT2D eigenvalue weighted by atomic mass is 32.3. The van der Waals surface area contributed by atoms with E-state index in [-0.39, 0.29) is 6.61 Å². The fourth-order valence-electron chi connectivity index (χ4n) is 2.10. The van der Waals surface area contributed by atoms with Gasteiger partial charge in [0.2, 0.25) is 0 Å². The molecule has 0 amide bonds. The Bertz CT molecular complexity index is 591. The molecule has 0 radical (unpaired) electrons. The maximum Gasteiger partial charge on any atom is 0.397 e. The molecule has 5 atom stereocenters. The van der Waals surface area contributed by atoms with E-state index in [0.29, 0.717) is 0 Å². The lowest BCUT2D eigenvalue weighted by Crippen LogP contribution is -2.59. The number of ether oxygens (including phenoxy) is 2. The molecular weight excluding hydrogens is 332 g/mol. The number of aliphatic hydroxyl groups is 3. The molecule has 1 aromatic rings. The highest BCUT2D eigenvalue weighted by Gasteiger charge is 2.44. The largest absolute Gasteiger partial charge is 0.397 e. The standard InChI is InChI=1S/C13H18O9S/c14-10-9(7-21-23(17,18)19)22-13(12(16)11(10)15)20-6-8-4-2-1-3-5-8/h1-5,9-16H,6-7H2,(H,17,18,19)/t9-,10-,11+,12-,13-/m1/s1. The molecule has 1 aliphatic heterocycles. The van der Waals surface area contributed by atoms with Crippen molar-refractivity contribution in [2.24, 2.45) is 0 Å². The molecule has 0 aliphatic carbocycles. The van der Waals surface area contributed by atoms with Crippen molar-refractivity contribution < 1.29 is 41.9 Å². The van der Waals surface area contributed by atoms with Gasteiger partial charge < -0.3 is 24.8 Å². The Balaban J connectivity index is 1.98. The summed E-state index contributed by atoms with van der Waals surface area (Å²) < 4.78 is 44.4. The topological polar surface area (TPSA) is 143 Å². The van der Waals surface area contributed by atoms with Crippen molar-refractivity contribution in [2.75, 3.05) is 6.61 Å². The van der Waals surface area contributed by atoms with Crippen LogP contribution in [0, 0.1) is 0 Å². The molecule has 0 aromatic heterocycles. The predicted octanol–water partition coefficient (Wildman–Crippen LogP) is -1.17. The van der Waals surface area contributed by atoms with Crippen molar-refractivity contribution >= 4 is 10.4 Å². The first-order chi connectivity index (χ1) is 10.8. The van der Waals surface area contributed by atoms with Crippen molar-refractivity contribution in [3.8, 4) is 0 Å². The van der Waals surface area contributed by atoms with Crippen LogP contribution in [-0.4, -0.2) is 65.6 Å². The zero-order valence-corrected chi connectivity index (χ0v) is 12.7. The molecule has 0 spiro atoms. The number of hydrogen-bond acceptors (Lipinski definition) is 8. The molecule has 1 aliphatic rings. The van der Waals surface area contributed by atoms with Crippen molar-refractivity contribution in [3.63, 3.8) is 0 Å². The molecule has 10 heteroatoms. The highest BCUT2D eigenvalue weighted by Crippen LogP contribution is 2.23. The van der Waals surface area contributed by atoms with E-state index in [9.17, 15) is 23.7 Å². The van der Waals surface area contributed by atoms with Gasteiger partial charge in [0, 0.05) is 0 Å². The van der Waals surface area contributed by atoms with Gasteiger partial charge in [-0.1, -0.05) is 30.3 Å². The fourth-order valence-corrected chi connectivity index (χ4v) is 2.40. The lowest BCUT2D eigenvalue weighted by atomic mass is 9.99. The van der Waals surface area contributed by atoms with E-state index in [4.69, 9.17) is 14.0 Å². The van der Waals surface area contributed by atoms with Crippen LogP contribution in [0.1, 0.15) is 5.56 Å². The van der Waals surface area contributed by atoms with Crippen molar-refractivity contribution in [1.82, 2.24) is 0 Å². The van der Waals surface area contributed by atoms with Gasteiger partial charge in [-0.25, -0.2) is 4.18 Å². The Labute approximate surface area is 133 Å². The molecule has 1 fully saturated rings. The van der Waals surface area contributed by atoms with Gasteiger partial charge in [-0.3, -0.25) is 4.55 Å². The Morgan fingerprint density at radius 2 is 1.70 bits per heavy atom. The second kappa shape index (κ2) is 7.64. The molecule has 2 rings (SSSR count). The van der Waals surface area contributed by atoms with Gasteiger partial charge in [-0.15, -0.1) is 0 Å². The average Bonchev–Trinajstić information content (AvgIpc) is 2.51. The molecule has 0 bridgehead atoms. The third-order valence-corrected chi connectivity index (χ3v) is 3.74. The molecule has 0 saturated carbocycles. The number of benzene rings is 1. The Morgan fingerprint density at radius 1 is 1.04 bits per heavy atom. The maximum atomic E-state index is 10.6. The first kappa shape index (κ1) is 18.2. The summed E-state index contributed by atoms with van der Waals surface area (Å²) >= 11 is 0. The van der Waals surface area contributed by atoms with Crippen LogP contribution < -0.4 is 0 Å². The number of rotatable bonds is 6. The number of aliphatic hydroxyl groups excluding tert-OH is 3. The van der Waals surface area contributed by atoms with Crippen LogP contribution in [0.2, 0.25) is 0 Å². The van der Waals surface area contributed by atoms with Crippen LogP contribution in [0.5, 0.6) is 0 Å². The van der Waals surface area contributed by atoms with Crippen LogP contribution in [0.3, 0.4) is 0 Å². The normalized spacial score (nSPS) is 31.9. The Morgan fingerprint density at radius 3 is 2.30 bits per heavy atom. The third-order valence-electron chi connectivity index (χ3n) is 3.31. The third kappa shape index (κ3) is 5.19. The molecule has 1 heterocycles. The second-order valence-electron chi connectivity index (χ2n) is 5.02. The smallest absolute Gasteiger partial charge is 0.387 e. The van der Waals surface area contributed by atoms with Gasteiger partial charge in [-0.05, 0) is 5.56 Å². The Hall–Kier alpha value is -1.11. The van der Waals surface area contributed by atoms with Crippen LogP contribution in [0.15, 0.2) is 30.3 Å². The summed E-state index contributed by atoms with van der Waals surface area (Å²) in [4.78, 5) is 0. The van der Waals surface area contributed by atoms with E-state index in [1.165, 1.54) is 0 Å². The molecule has 1 aromatic carbocycles. The fraction of sp³-hybridized carbons (Fsp3) is 0.538. The quantitative estimate of drug-likeness (QED) is 0.467. The number of hydrogen-bond donors (Lipinski definition) is 4. The first-order valence-electron chi connectivity index (χ1n) is 6.75. The average molecular weight is 350 g/mol. The van der Waals surface area contributed by atoms with E-state index < -0.39 is 47.7 Å². The van der Waals surface area contributed by atoms with Gasteiger partial charge in [0.05, 0.1) is 13.2 Å². The van der Waals surface area contributed by atoms with E-state index in [1.54, 1.807) is 24.3 Å². The van der Waals surface area contributed by atoms with Gasteiger partial charge in [-0.2, -0.15) is 8.42 Å². The lowest BCUT2D eigenvalue weighted by Gasteiger charge is -2.39. The summed E-state index contributed by atoms with van der Waals surface area (Å²) in [6.45, 7) is -0.674. The maximum absolute atomic E-state index is 10.6. The molecule has 9 nitrogen and oxygen atoms in total. The van der Waals surface area contributed by atoms with Crippen LogP contribution >= 0.6 is 0 Å². The monoisotopic (exact) mass is 350 g/mol. The summed E-state index contributed by atoms with van der Waals surface area (Å²) in [5, 5.41) is 29.4. The summed E-state index contributed by atoms with van der Waals surface area (Å²) in [6.07, 6.45) is -7.38. The minimum Gasteiger partial charge on any atom is -0.387 e. The van der Waals surface area contributed by atoms with Gasteiger partial charge in [0.15, 0.2) is 6.29 Å². The van der Waals surface area contributed by atoms with Crippen LogP contribution in [0.25, 0.3) is 0 Å². The van der Waals surface area contributed by atoms with Crippen LogP contribution in [0.4, 0.5) is 0 Å². The first-order valence-corrected chi connectivity index (χ1v) is 8.11. The van der Waals surface area contributed by atoms with Crippen molar-refractivity contribution in [1.29, 1.82) is 0 Å². The zero-order valence-electron chi connectivity index (χ0n) is 11.9. The summed E-state index contributed by atoms with van der Waals surface area (Å²) in [5.74, 6) is 0. The second-order valence-corrected chi connectivity index (χ2v) is 6.11. The highest BCUT2D eigenvalue weighted by molar-refractivity contribution is 7.80. The molecule has 4 N–H and O–H groups in total. The summed E-state index contributed by atoms with van der Waals surface area (Å²) in [5.41, 5.74) is 0.787. The molecule has 23 heavy (non-hydrogen) atoms. The minimum absolute atomic E-state index is 0.0667. The van der Waals surface area contributed by atoms with Gasteiger partial charge in [0.1, 0.15) is 24.4 Å². The van der Waals surface area contributed by atoms with E-state index in [2.05, 4.69) is 4.18 Å². The minimum atomic E-state index is -4.73. The van der Waals surface area contributed by atoms with Gasteiger partial charge in [0.25, 0.3) is 0 Å². The van der Waals surface area contributed by atoms with E-state index in [0.717, 1.165) is 5.56 Å². The SMILES string of the molecule is O=S(=O)(O)OC[C@H]1O[C@@H](OCc2ccccc2)[C@H](O)[C@@H](O)[C@@H]1O. The molecule has 1 saturated heterocycles. The van der Waals surface area contributed by atoms with E-state index >= 15 is 0 Å². The lowest BCUT2D eigenvalue weighted by molar-refractivity contribution is -0.303. The van der Waals surface area contributed by atoms with Crippen molar-refractivity contribution in [2.45, 2.75) is 37.3 Å². The molecular formula is C13H18O9S. The predicted molar refractivity (Wildman–Crippen MR) is 75.4 cm³/mol. The molecule has 0 unspecified atom stereocenters.